The summed E-state index contributed by atoms with van der Waals surface area (Å²) in [5.74, 6) is 0. The van der Waals surface area contributed by atoms with Crippen LogP contribution in [-0.4, -0.2) is 43.5 Å². The maximum atomic E-state index is 12.0. The summed E-state index contributed by atoms with van der Waals surface area (Å²) in [4.78, 5) is 9.80. The third-order valence-corrected chi connectivity index (χ3v) is 4.36. The van der Waals surface area contributed by atoms with Gasteiger partial charge < -0.3 is 14.4 Å². The largest absolute Gasteiger partial charge is 0.472 e. The smallest absolute Gasteiger partial charge is 0.376 e. The molecule has 2 unspecified atom stereocenters. The Bertz CT molecular complexity index is 287. The Hall–Kier alpha value is 0.0300. The monoisotopic (exact) mass is 354 g/mol. The maximum absolute atomic E-state index is 12.0. The molecule has 0 aliphatic rings. The van der Waals surface area contributed by atoms with Crippen molar-refractivity contribution < 1.29 is 28.0 Å². The van der Waals surface area contributed by atoms with Gasteiger partial charge in [-0.05, 0) is 26.7 Å². The standard InChI is InChI=1S/C16H35O6P/c1-5-9-11-15(19-7-3)13-21-23(17,18)22-14-16(20-8-4)12-10-6-2/h15-16H,5-14H2,1-4H3,(H,17,18). The van der Waals surface area contributed by atoms with E-state index in [9.17, 15) is 9.46 Å². The summed E-state index contributed by atoms with van der Waals surface area (Å²) in [7, 11) is -4.07. The Balaban J connectivity index is 4.24. The maximum Gasteiger partial charge on any atom is 0.472 e. The first kappa shape index (κ1) is 23.0. The van der Waals surface area contributed by atoms with Crippen LogP contribution in [0.1, 0.15) is 66.2 Å². The van der Waals surface area contributed by atoms with Crippen LogP contribution in [0.15, 0.2) is 0 Å². The van der Waals surface area contributed by atoms with Gasteiger partial charge >= 0.3 is 7.82 Å². The summed E-state index contributed by atoms with van der Waals surface area (Å²) in [5.41, 5.74) is 0. The molecule has 0 radical (unpaired) electrons. The number of hydrogen-bond acceptors (Lipinski definition) is 5. The molecule has 0 heterocycles. The molecule has 0 rings (SSSR count). The van der Waals surface area contributed by atoms with E-state index in [0.717, 1.165) is 38.5 Å². The van der Waals surface area contributed by atoms with Crippen molar-refractivity contribution in [2.45, 2.75) is 78.4 Å². The van der Waals surface area contributed by atoms with Gasteiger partial charge in [-0.25, -0.2) is 4.57 Å². The van der Waals surface area contributed by atoms with Crippen molar-refractivity contribution in [3.63, 3.8) is 0 Å². The molecule has 0 bridgehead atoms. The van der Waals surface area contributed by atoms with Crippen molar-refractivity contribution in [1.82, 2.24) is 0 Å². The molecule has 0 fully saturated rings. The SMILES string of the molecule is CCCCC(COP(=O)(O)OCC(CCCC)OCC)OCC. The van der Waals surface area contributed by atoms with E-state index in [0.29, 0.717) is 13.2 Å². The second-order valence-electron chi connectivity index (χ2n) is 5.50. The van der Waals surface area contributed by atoms with Gasteiger partial charge in [-0.15, -0.1) is 0 Å². The molecular weight excluding hydrogens is 319 g/mol. The Morgan fingerprint density at radius 3 is 1.52 bits per heavy atom. The average Bonchev–Trinajstić information content (AvgIpc) is 2.53. The van der Waals surface area contributed by atoms with Crippen molar-refractivity contribution in [2.24, 2.45) is 0 Å². The third-order valence-electron chi connectivity index (χ3n) is 3.41. The van der Waals surface area contributed by atoms with E-state index < -0.39 is 7.82 Å². The van der Waals surface area contributed by atoms with E-state index in [-0.39, 0.29) is 25.4 Å². The topological polar surface area (TPSA) is 74.2 Å². The Labute approximate surface area is 141 Å². The highest BCUT2D eigenvalue weighted by molar-refractivity contribution is 7.47. The molecule has 0 saturated heterocycles. The fourth-order valence-electron chi connectivity index (χ4n) is 2.16. The van der Waals surface area contributed by atoms with Crippen LogP contribution in [0.5, 0.6) is 0 Å². The minimum absolute atomic E-state index is 0.0654. The van der Waals surface area contributed by atoms with E-state index in [1.165, 1.54) is 0 Å². The number of rotatable bonds is 16. The highest BCUT2D eigenvalue weighted by Gasteiger charge is 2.25. The quantitative estimate of drug-likeness (QED) is 0.416. The summed E-state index contributed by atoms with van der Waals surface area (Å²) in [5, 5.41) is 0. The summed E-state index contributed by atoms with van der Waals surface area (Å²) in [6, 6.07) is 0. The van der Waals surface area contributed by atoms with Gasteiger partial charge in [-0.3, -0.25) is 9.05 Å². The zero-order valence-corrected chi connectivity index (χ0v) is 16.1. The molecule has 1 N–H and O–H groups in total. The first-order valence-corrected chi connectivity index (χ1v) is 10.3. The van der Waals surface area contributed by atoms with Gasteiger partial charge in [-0.2, -0.15) is 0 Å². The zero-order valence-electron chi connectivity index (χ0n) is 15.2. The molecule has 2 atom stereocenters. The van der Waals surface area contributed by atoms with Gasteiger partial charge in [0.15, 0.2) is 0 Å². The highest BCUT2D eigenvalue weighted by Crippen LogP contribution is 2.43. The number of hydrogen-bond donors (Lipinski definition) is 1. The second kappa shape index (κ2) is 14.4. The lowest BCUT2D eigenvalue weighted by Gasteiger charge is -2.21. The van der Waals surface area contributed by atoms with Gasteiger partial charge in [0, 0.05) is 13.2 Å². The first-order valence-electron chi connectivity index (χ1n) is 8.84. The summed E-state index contributed by atoms with van der Waals surface area (Å²) >= 11 is 0. The Kier molecular flexibility index (Phi) is 14.4. The molecule has 23 heavy (non-hydrogen) atoms. The minimum atomic E-state index is -4.07. The minimum Gasteiger partial charge on any atom is -0.376 e. The van der Waals surface area contributed by atoms with E-state index in [4.69, 9.17) is 18.5 Å². The van der Waals surface area contributed by atoms with Crippen molar-refractivity contribution >= 4 is 7.82 Å². The Morgan fingerprint density at radius 1 is 0.826 bits per heavy atom. The third kappa shape index (κ3) is 13.0. The van der Waals surface area contributed by atoms with Crippen molar-refractivity contribution in [3.05, 3.63) is 0 Å². The molecule has 0 amide bonds. The summed E-state index contributed by atoms with van der Waals surface area (Å²) in [6.07, 6.45) is 5.35. The molecule has 0 aromatic carbocycles. The molecule has 0 aromatic rings. The summed E-state index contributed by atoms with van der Waals surface area (Å²) < 4.78 is 33.2. The molecule has 140 valence electrons. The fraction of sp³-hybridized carbons (Fsp3) is 1.00. The van der Waals surface area contributed by atoms with Crippen LogP contribution >= 0.6 is 7.82 Å². The lowest BCUT2D eigenvalue weighted by molar-refractivity contribution is -0.00837. The zero-order chi connectivity index (χ0) is 17.6. The molecule has 0 saturated carbocycles. The predicted octanol–water partition coefficient (Wildman–Crippen LogP) is 4.31. The van der Waals surface area contributed by atoms with Crippen molar-refractivity contribution in [1.29, 1.82) is 0 Å². The molecule has 0 spiro atoms. The second-order valence-corrected chi connectivity index (χ2v) is 6.95. The normalized spacial score (nSPS) is 16.9. The predicted molar refractivity (Wildman–Crippen MR) is 91.6 cm³/mol. The number of ether oxygens (including phenoxy) is 2. The molecule has 0 aliphatic heterocycles. The van der Waals surface area contributed by atoms with Crippen LogP contribution in [0, 0.1) is 0 Å². The number of phosphoric ester groups is 1. The molecular formula is C16H35O6P. The van der Waals surface area contributed by atoms with Crippen LogP contribution in [0.25, 0.3) is 0 Å². The number of unbranched alkanes of at least 4 members (excludes halogenated alkanes) is 2. The van der Waals surface area contributed by atoms with Gasteiger partial charge in [-0.1, -0.05) is 39.5 Å². The highest BCUT2D eigenvalue weighted by atomic mass is 31.2. The molecule has 0 aromatic heterocycles. The lowest BCUT2D eigenvalue weighted by atomic mass is 10.2. The van der Waals surface area contributed by atoms with Crippen LogP contribution in [-0.2, 0) is 23.1 Å². The first-order chi connectivity index (χ1) is 11.0. The van der Waals surface area contributed by atoms with Crippen LogP contribution in [0.4, 0.5) is 0 Å². The van der Waals surface area contributed by atoms with Crippen LogP contribution in [0.2, 0.25) is 0 Å². The van der Waals surface area contributed by atoms with Gasteiger partial charge in [0.2, 0.25) is 0 Å². The summed E-state index contributed by atoms with van der Waals surface area (Å²) in [6.45, 7) is 9.21. The number of phosphoric acid groups is 1. The van der Waals surface area contributed by atoms with Gasteiger partial charge in [0.1, 0.15) is 0 Å². The van der Waals surface area contributed by atoms with E-state index >= 15 is 0 Å². The fourth-order valence-corrected chi connectivity index (χ4v) is 2.94. The molecule has 0 aliphatic carbocycles. The van der Waals surface area contributed by atoms with Crippen LogP contribution in [0.3, 0.4) is 0 Å². The van der Waals surface area contributed by atoms with Gasteiger partial charge in [0.25, 0.3) is 0 Å². The lowest BCUT2D eigenvalue weighted by Crippen LogP contribution is -2.22. The van der Waals surface area contributed by atoms with E-state index in [2.05, 4.69) is 13.8 Å². The molecule has 6 nitrogen and oxygen atoms in total. The van der Waals surface area contributed by atoms with Crippen molar-refractivity contribution in [3.8, 4) is 0 Å². The van der Waals surface area contributed by atoms with Crippen molar-refractivity contribution in [2.75, 3.05) is 26.4 Å². The Morgan fingerprint density at radius 2 is 1.22 bits per heavy atom. The van der Waals surface area contributed by atoms with E-state index in [1.54, 1.807) is 0 Å². The van der Waals surface area contributed by atoms with E-state index in [1.807, 2.05) is 13.8 Å². The van der Waals surface area contributed by atoms with Gasteiger partial charge in [0.05, 0.1) is 25.4 Å². The molecule has 7 heteroatoms. The average molecular weight is 354 g/mol. The van der Waals surface area contributed by atoms with Crippen LogP contribution < -0.4 is 0 Å².